The van der Waals surface area contributed by atoms with Crippen LogP contribution in [0.25, 0.3) is 0 Å². The van der Waals surface area contributed by atoms with Gasteiger partial charge in [0.05, 0.1) is 12.7 Å². The summed E-state index contributed by atoms with van der Waals surface area (Å²) in [6.45, 7) is 6.84. The molecule has 1 aromatic carbocycles. The zero-order chi connectivity index (χ0) is 13.9. The number of hydrogen-bond donors (Lipinski definition) is 1. The highest BCUT2D eigenvalue weighted by molar-refractivity contribution is 5.44. The van der Waals surface area contributed by atoms with Crippen molar-refractivity contribution in [3.63, 3.8) is 0 Å². The molecule has 2 aliphatic rings. The van der Waals surface area contributed by atoms with Crippen molar-refractivity contribution in [3.8, 4) is 11.5 Å². The van der Waals surface area contributed by atoms with Gasteiger partial charge in [0.15, 0.2) is 11.5 Å². The van der Waals surface area contributed by atoms with Crippen LogP contribution in [-0.4, -0.2) is 50.5 Å². The van der Waals surface area contributed by atoms with Gasteiger partial charge in [-0.05, 0) is 24.6 Å². The molecule has 20 heavy (non-hydrogen) atoms. The third-order valence-corrected chi connectivity index (χ3v) is 3.77. The Morgan fingerprint density at radius 3 is 2.85 bits per heavy atom. The molecule has 3 rings (SSSR count). The number of morpholine rings is 1. The van der Waals surface area contributed by atoms with Crippen LogP contribution in [0.15, 0.2) is 18.2 Å². The van der Waals surface area contributed by atoms with E-state index < -0.39 is 0 Å². The first-order valence-electron chi connectivity index (χ1n) is 7.21. The number of nitrogens with zero attached hydrogens (tertiary/aromatic N) is 1. The number of nitrogens with two attached hydrogens (primary N) is 1. The summed E-state index contributed by atoms with van der Waals surface area (Å²) < 4.78 is 16.7. The number of hydrogen-bond acceptors (Lipinski definition) is 5. The normalized spacial score (nSPS) is 24.4. The van der Waals surface area contributed by atoms with Crippen LogP contribution >= 0.6 is 0 Å². The summed E-state index contributed by atoms with van der Waals surface area (Å²) in [5.41, 5.74) is 7.42. The zero-order valence-electron chi connectivity index (χ0n) is 11.9. The van der Waals surface area contributed by atoms with Crippen molar-refractivity contribution in [2.24, 2.45) is 5.73 Å². The average Bonchev–Trinajstić information content (AvgIpc) is 2.47. The highest BCUT2D eigenvalue weighted by Crippen LogP contribution is 2.32. The van der Waals surface area contributed by atoms with Crippen molar-refractivity contribution < 1.29 is 14.2 Å². The molecule has 5 nitrogen and oxygen atoms in total. The summed E-state index contributed by atoms with van der Waals surface area (Å²) in [6.07, 6.45) is 0.288. The summed E-state index contributed by atoms with van der Waals surface area (Å²) in [6, 6.07) is 5.97. The maximum Gasteiger partial charge on any atom is 0.161 e. The van der Waals surface area contributed by atoms with Gasteiger partial charge in [0.2, 0.25) is 0 Å². The minimum Gasteiger partial charge on any atom is -0.486 e. The maximum atomic E-state index is 6.33. The molecule has 2 heterocycles. The fourth-order valence-electron chi connectivity index (χ4n) is 2.73. The van der Waals surface area contributed by atoms with Crippen LogP contribution in [0, 0.1) is 0 Å². The van der Waals surface area contributed by atoms with E-state index >= 15 is 0 Å². The number of rotatable bonds is 3. The molecule has 0 spiro atoms. The third kappa shape index (κ3) is 3.06. The van der Waals surface area contributed by atoms with Crippen molar-refractivity contribution >= 4 is 0 Å². The molecule has 1 fully saturated rings. The predicted octanol–water partition coefficient (Wildman–Crippen LogP) is 1.18. The van der Waals surface area contributed by atoms with Crippen LogP contribution < -0.4 is 15.2 Å². The molecule has 2 unspecified atom stereocenters. The van der Waals surface area contributed by atoms with E-state index in [9.17, 15) is 0 Å². The Balaban J connectivity index is 1.66. The van der Waals surface area contributed by atoms with Crippen molar-refractivity contribution in [1.29, 1.82) is 0 Å². The van der Waals surface area contributed by atoms with Crippen LogP contribution in [-0.2, 0) is 4.74 Å². The van der Waals surface area contributed by atoms with Crippen molar-refractivity contribution in [2.75, 3.05) is 39.5 Å². The summed E-state index contributed by atoms with van der Waals surface area (Å²) in [7, 11) is 0. The fraction of sp³-hybridized carbons (Fsp3) is 0.600. The topological polar surface area (TPSA) is 57.0 Å². The van der Waals surface area contributed by atoms with Crippen LogP contribution in [0.1, 0.15) is 18.5 Å². The van der Waals surface area contributed by atoms with Crippen LogP contribution in [0.4, 0.5) is 0 Å². The minimum atomic E-state index is -0.0175. The molecule has 0 radical (unpaired) electrons. The van der Waals surface area contributed by atoms with Gasteiger partial charge in [-0.15, -0.1) is 0 Å². The molecular weight excluding hydrogens is 256 g/mol. The van der Waals surface area contributed by atoms with Gasteiger partial charge in [0.25, 0.3) is 0 Å². The first-order valence-corrected chi connectivity index (χ1v) is 7.21. The lowest BCUT2D eigenvalue weighted by molar-refractivity contribution is -0.0199. The Morgan fingerprint density at radius 2 is 2.05 bits per heavy atom. The van der Waals surface area contributed by atoms with Gasteiger partial charge in [-0.25, -0.2) is 0 Å². The van der Waals surface area contributed by atoms with Gasteiger partial charge in [-0.1, -0.05) is 6.07 Å². The lowest BCUT2D eigenvalue weighted by atomic mass is 10.1. The van der Waals surface area contributed by atoms with E-state index in [4.69, 9.17) is 19.9 Å². The van der Waals surface area contributed by atoms with E-state index in [-0.39, 0.29) is 12.1 Å². The average molecular weight is 278 g/mol. The highest BCUT2D eigenvalue weighted by atomic mass is 16.6. The second-order valence-electron chi connectivity index (χ2n) is 5.45. The lowest BCUT2D eigenvalue weighted by Crippen LogP contribution is -2.44. The van der Waals surface area contributed by atoms with Crippen LogP contribution in [0.5, 0.6) is 11.5 Å². The molecule has 5 heteroatoms. The highest BCUT2D eigenvalue weighted by Gasteiger charge is 2.20. The molecule has 110 valence electrons. The van der Waals surface area contributed by atoms with E-state index in [1.165, 1.54) is 0 Å². The monoisotopic (exact) mass is 278 g/mol. The van der Waals surface area contributed by atoms with Crippen molar-refractivity contribution in [3.05, 3.63) is 23.8 Å². The van der Waals surface area contributed by atoms with Gasteiger partial charge >= 0.3 is 0 Å². The van der Waals surface area contributed by atoms with Crippen molar-refractivity contribution in [1.82, 2.24) is 4.90 Å². The Kier molecular flexibility index (Phi) is 4.10. The predicted molar refractivity (Wildman–Crippen MR) is 76.2 cm³/mol. The fourth-order valence-corrected chi connectivity index (χ4v) is 2.73. The van der Waals surface area contributed by atoms with E-state index in [2.05, 4.69) is 11.8 Å². The Labute approximate surface area is 119 Å². The quantitative estimate of drug-likeness (QED) is 0.899. The molecule has 2 N–H and O–H groups in total. The third-order valence-electron chi connectivity index (χ3n) is 3.77. The van der Waals surface area contributed by atoms with Gasteiger partial charge in [-0.2, -0.15) is 0 Å². The largest absolute Gasteiger partial charge is 0.486 e. The van der Waals surface area contributed by atoms with E-state index in [0.717, 1.165) is 43.3 Å². The van der Waals surface area contributed by atoms with Gasteiger partial charge in [0, 0.05) is 25.7 Å². The van der Waals surface area contributed by atoms with Gasteiger partial charge < -0.3 is 19.9 Å². The second kappa shape index (κ2) is 5.99. The summed E-state index contributed by atoms with van der Waals surface area (Å²) in [5, 5.41) is 0. The van der Waals surface area contributed by atoms with E-state index in [1.807, 2.05) is 18.2 Å². The maximum absolute atomic E-state index is 6.33. The molecule has 2 atom stereocenters. The van der Waals surface area contributed by atoms with Crippen LogP contribution in [0.3, 0.4) is 0 Å². The molecule has 0 aromatic heterocycles. The minimum absolute atomic E-state index is 0.0175. The lowest BCUT2D eigenvalue weighted by Gasteiger charge is -2.33. The molecular formula is C15H22N2O3. The molecule has 0 bridgehead atoms. The molecule has 0 aliphatic carbocycles. The van der Waals surface area contributed by atoms with E-state index in [1.54, 1.807) is 0 Å². The molecule has 2 aliphatic heterocycles. The summed E-state index contributed by atoms with van der Waals surface area (Å²) in [5.74, 6) is 1.62. The number of ether oxygens (including phenoxy) is 3. The van der Waals surface area contributed by atoms with Gasteiger partial charge in [-0.3, -0.25) is 4.90 Å². The summed E-state index contributed by atoms with van der Waals surface area (Å²) >= 11 is 0. The SMILES string of the molecule is CC1CN(CC(N)c2ccc3c(c2)OCCO3)CCO1. The van der Waals surface area contributed by atoms with Gasteiger partial charge in [0.1, 0.15) is 13.2 Å². The number of benzene rings is 1. The first-order chi connectivity index (χ1) is 9.72. The van der Waals surface area contributed by atoms with Crippen LogP contribution in [0.2, 0.25) is 0 Å². The Hall–Kier alpha value is -1.30. The van der Waals surface area contributed by atoms with Crippen molar-refractivity contribution in [2.45, 2.75) is 19.1 Å². The molecule has 1 aromatic rings. The zero-order valence-corrected chi connectivity index (χ0v) is 11.9. The molecule has 0 saturated carbocycles. The number of fused-ring (bicyclic) bond motifs is 1. The Bertz CT molecular complexity index is 466. The Morgan fingerprint density at radius 1 is 1.25 bits per heavy atom. The molecule has 1 saturated heterocycles. The molecule has 0 amide bonds. The van der Waals surface area contributed by atoms with E-state index in [0.29, 0.717) is 13.2 Å². The summed E-state index contributed by atoms with van der Waals surface area (Å²) in [4.78, 5) is 2.36. The first kappa shape index (κ1) is 13.7. The smallest absolute Gasteiger partial charge is 0.161 e. The standard InChI is InChI=1S/C15H22N2O3/c1-11-9-17(4-5-18-11)10-13(16)12-2-3-14-15(8-12)20-7-6-19-14/h2-3,8,11,13H,4-7,9-10,16H2,1H3. The second-order valence-corrected chi connectivity index (χ2v) is 5.45.